The van der Waals surface area contributed by atoms with Crippen LogP contribution in [0.5, 0.6) is 0 Å². The lowest BCUT2D eigenvalue weighted by molar-refractivity contribution is 0.697. The molecule has 0 saturated carbocycles. The zero-order chi connectivity index (χ0) is 12.5. The van der Waals surface area contributed by atoms with Crippen molar-refractivity contribution in [2.75, 3.05) is 0 Å². The van der Waals surface area contributed by atoms with Crippen LogP contribution in [0.25, 0.3) is 11.2 Å². The van der Waals surface area contributed by atoms with Crippen LogP contribution in [0.1, 0.15) is 5.01 Å². The highest BCUT2D eigenvalue weighted by Gasteiger charge is 2.07. The first-order valence-electron chi connectivity index (χ1n) is 5.36. The average molecular weight is 341 g/mol. The number of hydrogen-bond donors (Lipinski definition) is 1. The zero-order valence-corrected chi connectivity index (χ0v) is 12.5. The van der Waals surface area contributed by atoms with Gasteiger partial charge in [-0.2, -0.15) is 0 Å². The molecule has 3 aromatic rings. The van der Waals surface area contributed by atoms with Gasteiger partial charge in [-0.1, -0.05) is 0 Å². The van der Waals surface area contributed by atoms with Gasteiger partial charge in [0.2, 0.25) is 0 Å². The smallest absolute Gasteiger partial charge is 0.179 e. The van der Waals surface area contributed by atoms with Crippen LogP contribution in [0, 0.1) is 4.77 Å². The van der Waals surface area contributed by atoms with E-state index < -0.39 is 0 Å². The van der Waals surface area contributed by atoms with Gasteiger partial charge in [-0.05, 0) is 34.2 Å². The van der Waals surface area contributed by atoms with Gasteiger partial charge in [0, 0.05) is 35.2 Å². The highest BCUT2D eigenvalue weighted by atomic mass is 79.9. The van der Waals surface area contributed by atoms with E-state index in [0.29, 0.717) is 4.77 Å². The fraction of sp³-hybridized carbons (Fsp3) is 0.182. The van der Waals surface area contributed by atoms with Gasteiger partial charge in [-0.15, -0.1) is 11.3 Å². The van der Waals surface area contributed by atoms with Crippen LogP contribution in [0.3, 0.4) is 0 Å². The second-order valence-electron chi connectivity index (χ2n) is 3.78. The Morgan fingerprint density at radius 1 is 1.44 bits per heavy atom. The maximum absolute atomic E-state index is 5.33. The number of H-pyrrole nitrogens is 1. The molecule has 1 N–H and O–H groups in total. The number of nitrogens with one attached hydrogen (secondary N) is 1. The predicted molar refractivity (Wildman–Crippen MR) is 78.4 cm³/mol. The SMILES string of the molecule is S=c1[nH]c2cc(Br)cnc2n1CCc1nccs1. The molecule has 4 nitrogen and oxygen atoms in total. The Hall–Kier alpha value is -1.05. The minimum absolute atomic E-state index is 0.701. The topological polar surface area (TPSA) is 46.5 Å². The maximum Gasteiger partial charge on any atom is 0.179 e. The molecule has 0 bridgehead atoms. The molecule has 18 heavy (non-hydrogen) atoms. The summed E-state index contributed by atoms with van der Waals surface area (Å²) in [4.78, 5) is 11.8. The number of halogens is 1. The Balaban J connectivity index is 1.96. The van der Waals surface area contributed by atoms with E-state index in [-0.39, 0.29) is 0 Å². The van der Waals surface area contributed by atoms with Crippen molar-refractivity contribution in [1.29, 1.82) is 0 Å². The van der Waals surface area contributed by atoms with Crippen molar-refractivity contribution in [2.45, 2.75) is 13.0 Å². The molecule has 0 spiro atoms. The molecule has 0 amide bonds. The van der Waals surface area contributed by atoms with E-state index >= 15 is 0 Å². The Kier molecular flexibility index (Phi) is 3.27. The second kappa shape index (κ2) is 4.91. The quantitative estimate of drug-likeness (QED) is 0.741. The molecule has 0 radical (unpaired) electrons. The first-order valence-corrected chi connectivity index (χ1v) is 7.44. The van der Waals surface area contributed by atoms with Crippen molar-refractivity contribution in [3.8, 4) is 0 Å². The van der Waals surface area contributed by atoms with Crippen LogP contribution in [0.4, 0.5) is 0 Å². The minimum atomic E-state index is 0.701. The lowest BCUT2D eigenvalue weighted by Crippen LogP contribution is -2.02. The van der Waals surface area contributed by atoms with Crippen LogP contribution >= 0.6 is 39.5 Å². The van der Waals surface area contributed by atoms with Crippen LogP contribution in [0.2, 0.25) is 0 Å². The average Bonchev–Trinajstić information content (AvgIpc) is 2.93. The molecule has 0 saturated heterocycles. The molecule has 3 aromatic heterocycles. The Morgan fingerprint density at radius 3 is 3.11 bits per heavy atom. The number of aryl methyl sites for hydroxylation is 2. The number of aromatic nitrogens is 4. The second-order valence-corrected chi connectivity index (χ2v) is 6.06. The summed E-state index contributed by atoms with van der Waals surface area (Å²) in [6, 6.07) is 1.98. The summed E-state index contributed by atoms with van der Waals surface area (Å²) in [5.74, 6) is 0. The summed E-state index contributed by atoms with van der Waals surface area (Å²) in [6.45, 7) is 0.793. The fourth-order valence-electron chi connectivity index (χ4n) is 1.81. The van der Waals surface area contributed by atoms with Gasteiger partial charge in [0.25, 0.3) is 0 Å². The summed E-state index contributed by atoms with van der Waals surface area (Å²) in [5, 5.41) is 3.10. The summed E-state index contributed by atoms with van der Waals surface area (Å²) < 4.78 is 3.66. The number of rotatable bonds is 3. The molecule has 0 aliphatic heterocycles. The van der Waals surface area contributed by atoms with Crippen molar-refractivity contribution in [3.05, 3.63) is 38.1 Å². The van der Waals surface area contributed by atoms with Gasteiger partial charge < -0.3 is 9.55 Å². The molecule has 3 heterocycles. The third kappa shape index (κ3) is 2.25. The summed E-state index contributed by atoms with van der Waals surface area (Å²) in [6.07, 6.45) is 4.48. The largest absolute Gasteiger partial charge is 0.329 e. The number of pyridine rings is 1. The van der Waals surface area contributed by atoms with E-state index in [1.54, 1.807) is 17.5 Å². The van der Waals surface area contributed by atoms with Crippen molar-refractivity contribution in [2.24, 2.45) is 0 Å². The highest BCUT2D eigenvalue weighted by molar-refractivity contribution is 9.10. The number of aromatic amines is 1. The van der Waals surface area contributed by atoms with Crippen LogP contribution < -0.4 is 0 Å². The molecule has 0 fully saturated rings. The summed E-state index contributed by atoms with van der Waals surface area (Å²) in [7, 11) is 0. The van der Waals surface area contributed by atoms with Gasteiger partial charge in [0.1, 0.15) is 0 Å². The maximum atomic E-state index is 5.33. The summed E-state index contributed by atoms with van der Waals surface area (Å²) >= 11 is 10.4. The van der Waals surface area contributed by atoms with Crippen LogP contribution in [-0.2, 0) is 13.0 Å². The highest BCUT2D eigenvalue weighted by Crippen LogP contribution is 2.17. The van der Waals surface area contributed by atoms with E-state index in [4.69, 9.17) is 12.2 Å². The van der Waals surface area contributed by atoms with E-state index in [1.165, 1.54) is 0 Å². The summed E-state index contributed by atoms with van der Waals surface area (Å²) in [5.41, 5.74) is 1.84. The number of nitrogens with zero attached hydrogens (tertiary/aromatic N) is 3. The van der Waals surface area contributed by atoms with Gasteiger partial charge in [-0.25, -0.2) is 9.97 Å². The number of fused-ring (bicyclic) bond motifs is 1. The normalized spacial score (nSPS) is 11.2. The van der Waals surface area contributed by atoms with E-state index in [0.717, 1.165) is 33.6 Å². The molecule has 0 atom stereocenters. The molecule has 92 valence electrons. The molecule has 3 rings (SSSR count). The van der Waals surface area contributed by atoms with Gasteiger partial charge in [0.05, 0.1) is 10.5 Å². The Morgan fingerprint density at radius 2 is 2.33 bits per heavy atom. The molecule has 0 unspecified atom stereocenters. The standard InChI is InChI=1S/C11H9BrN4S2/c12-7-5-8-10(14-6-7)16(11(17)15-8)3-1-9-13-2-4-18-9/h2,4-6H,1,3H2,(H,15,17). The number of imidazole rings is 1. The van der Waals surface area contributed by atoms with Crippen molar-refractivity contribution in [1.82, 2.24) is 19.5 Å². The lowest BCUT2D eigenvalue weighted by atomic mass is 10.4. The van der Waals surface area contributed by atoms with E-state index in [1.807, 2.05) is 22.2 Å². The van der Waals surface area contributed by atoms with Crippen molar-refractivity contribution < 1.29 is 0 Å². The minimum Gasteiger partial charge on any atom is -0.329 e. The van der Waals surface area contributed by atoms with Crippen LogP contribution in [0.15, 0.2) is 28.3 Å². The molecule has 0 aliphatic rings. The zero-order valence-electron chi connectivity index (χ0n) is 9.26. The number of thiazole rings is 1. The van der Waals surface area contributed by atoms with E-state index in [2.05, 4.69) is 30.9 Å². The van der Waals surface area contributed by atoms with Gasteiger partial charge in [0.15, 0.2) is 10.4 Å². The Labute approximate surface area is 121 Å². The first-order chi connectivity index (χ1) is 8.74. The van der Waals surface area contributed by atoms with Crippen molar-refractivity contribution >= 4 is 50.6 Å². The van der Waals surface area contributed by atoms with Gasteiger partial charge >= 0.3 is 0 Å². The molecular formula is C11H9BrN4S2. The fourth-order valence-corrected chi connectivity index (χ4v) is 3.04. The van der Waals surface area contributed by atoms with E-state index in [9.17, 15) is 0 Å². The number of hydrogen-bond acceptors (Lipinski definition) is 4. The third-order valence-electron chi connectivity index (χ3n) is 2.61. The molecule has 7 heteroatoms. The third-order valence-corrected chi connectivity index (χ3v) is 4.20. The lowest BCUT2D eigenvalue weighted by Gasteiger charge is -2.01. The van der Waals surface area contributed by atoms with Gasteiger partial charge in [-0.3, -0.25) is 0 Å². The molecule has 0 aromatic carbocycles. The first kappa shape index (κ1) is 12.0. The Bertz CT molecular complexity index is 729. The van der Waals surface area contributed by atoms with Crippen LogP contribution in [-0.4, -0.2) is 19.5 Å². The van der Waals surface area contributed by atoms with Crippen molar-refractivity contribution in [3.63, 3.8) is 0 Å². The predicted octanol–water partition coefficient (Wildman–Crippen LogP) is 3.56. The molecule has 0 aliphatic carbocycles. The monoisotopic (exact) mass is 340 g/mol. The molecular weight excluding hydrogens is 332 g/mol.